The zero-order chi connectivity index (χ0) is 17.9. The molecule has 0 aliphatic carbocycles. The lowest BCUT2D eigenvalue weighted by molar-refractivity contribution is 0.0793. The van der Waals surface area contributed by atoms with Crippen LogP contribution in [0.3, 0.4) is 0 Å². The first-order valence-corrected chi connectivity index (χ1v) is 9.12. The molecular weight excluding hydrogens is 335 g/mol. The van der Waals surface area contributed by atoms with E-state index in [-0.39, 0.29) is 18.0 Å². The number of likely N-dealkylation sites (tertiary alicyclic amines) is 1. The van der Waals surface area contributed by atoms with Crippen LogP contribution in [0.5, 0.6) is 0 Å². The summed E-state index contributed by atoms with van der Waals surface area (Å²) in [6, 6.07) is 6.51. The Morgan fingerprint density at radius 1 is 1.19 bits per heavy atom. The number of piperidine rings is 1. The van der Waals surface area contributed by atoms with Crippen molar-refractivity contribution in [1.29, 1.82) is 5.26 Å². The first kappa shape index (κ1) is 17.1. The fraction of sp³-hybridized carbons (Fsp3) is 0.526. The standard InChI is InChI=1S/C19H21FN4O2/c20-15-7-6-13(11-21)10-14(15)12-24-8-2-1-4-16(24)18-22-23-19(26-18)17-5-3-9-25-17/h6-7,10,16-17H,1-5,8-9,12H2/t16-,17-/m1/s1. The molecule has 0 saturated carbocycles. The first-order chi connectivity index (χ1) is 12.7. The van der Waals surface area contributed by atoms with E-state index in [0.717, 1.165) is 45.3 Å². The fourth-order valence-corrected chi connectivity index (χ4v) is 3.73. The third kappa shape index (κ3) is 3.48. The molecule has 26 heavy (non-hydrogen) atoms. The van der Waals surface area contributed by atoms with Gasteiger partial charge in [0, 0.05) is 18.7 Å². The van der Waals surface area contributed by atoms with E-state index in [4.69, 9.17) is 14.4 Å². The van der Waals surface area contributed by atoms with Crippen molar-refractivity contribution in [2.24, 2.45) is 0 Å². The van der Waals surface area contributed by atoms with Gasteiger partial charge in [0.1, 0.15) is 11.9 Å². The second kappa shape index (κ2) is 7.52. The molecule has 2 fully saturated rings. The van der Waals surface area contributed by atoms with Crippen LogP contribution in [0.15, 0.2) is 22.6 Å². The van der Waals surface area contributed by atoms with Crippen molar-refractivity contribution in [2.45, 2.75) is 50.8 Å². The van der Waals surface area contributed by atoms with E-state index in [1.807, 2.05) is 0 Å². The molecule has 2 aliphatic rings. The lowest BCUT2D eigenvalue weighted by Gasteiger charge is -2.33. The Morgan fingerprint density at radius 3 is 2.88 bits per heavy atom. The van der Waals surface area contributed by atoms with Crippen molar-refractivity contribution in [3.63, 3.8) is 0 Å². The number of aromatic nitrogens is 2. The van der Waals surface area contributed by atoms with Gasteiger partial charge in [0.05, 0.1) is 17.7 Å². The van der Waals surface area contributed by atoms with Crippen LogP contribution >= 0.6 is 0 Å². The molecule has 2 atom stereocenters. The Bertz CT molecular complexity index is 810. The Labute approximate surface area is 151 Å². The van der Waals surface area contributed by atoms with Crippen LogP contribution in [0, 0.1) is 17.1 Å². The maximum Gasteiger partial charge on any atom is 0.245 e. The third-order valence-corrected chi connectivity index (χ3v) is 5.11. The molecule has 2 saturated heterocycles. The van der Waals surface area contributed by atoms with Gasteiger partial charge in [-0.15, -0.1) is 10.2 Å². The minimum Gasteiger partial charge on any atom is -0.421 e. The second-order valence-electron chi connectivity index (χ2n) is 6.88. The highest BCUT2D eigenvalue weighted by Crippen LogP contribution is 2.34. The number of hydrogen-bond donors (Lipinski definition) is 0. The number of halogens is 1. The number of hydrogen-bond acceptors (Lipinski definition) is 6. The monoisotopic (exact) mass is 356 g/mol. The fourth-order valence-electron chi connectivity index (χ4n) is 3.73. The number of nitriles is 1. The number of benzene rings is 1. The van der Waals surface area contributed by atoms with Crippen LogP contribution in [-0.4, -0.2) is 28.2 Å². The molecule has 2 aliphatic heterocycles. The van der Waals surface area contributed by atoms with Gasteiger partial charge in [-0.1, -0.05) is 6.42 Å². The average molecular weight is 356 g/mol. The summed E-state index contributed by atoms with van der Waals surface area (Å²) in [5, 5.41) is 17.5. The van der Waals surface area contributed by atoms with Gasteiger partial charge in [0.25, 0.3) is 0 Å². The van der Waals surface area contributed by atoms with Crippen molar-refractivity contribution < 1.29 is 13.5 Å². The summed E-state index contributed by atoms with van der Waals surface area (Å²) >= 11 is 0. The molecule has 0 N–H and O–H groups in total. The topological polar surface area (TPSA) is 75.2 Å². The van der Waals surface area contributed by atoms with Crippen LogP contribution in [0.4, 0.5) is 4.39 Å². The summed E-state index contributed by atoms with van der Waals surface area (Å²) in [6.07, 6.45) is 4.82. The molecule has 1 aromatic carbocycles. The molecule has 0 amide bonds. The van der Waals surface area contributed by atoms with E-state index in [1.54, 1.807) is 6.07 Å². The van der Waals surface area contributed by atoms with E-state index in [9.17, 15) is 4.39 Å². The van der Waals surface area contributed by atoms with E-state index < -0.39 is 0 Å². The van der Waals surface area contributed by atoms with Crippen LogP contribution in [0.1, 0.15) is 67.2 Å². The molecule has 4 rings (SSSR count). The van der Waals surface area contributed by atoms with Gasteiger partial charge in [-0.05, 0) is 50.4 Å². The third-order valence-electron chi connectivity index (χ3n) is 5.11. The lowest BCUT2D eigenvalue weighted by atomic mass is 10.0. The summed E-state index contributed by atoms with van der Waals surface area (Å²) in [7, 11) is 0. The zero-order valence-electron chi connectivity index (χ0n) is 14.5. The normalized spacial score (nSPS) is 23.8. The molecule has 6 nitrogen and oxygen atoms in total. The van der Waals surface area contributed by atoms with Gasteiger partial charge < -0.3 is 9.15 Å². The summed E-state index contributed by atoms with van der Waals surface area (Å²) in [5.41, 5.74) is 0.989. The van der Waals surface area contributed by atoms with Crippen LogP contribution < -0.4 is 0 Å². The highest BCUT2D eigenvalue weighted by atomic mass is 19.1. The minimum atomic E-state index is -0.293. The largest absolute Gasteiger partial charge is 0.421 e. The Hall–Kier alpha value is -2.30. The number of nitrogens with zero attached hydrogens (tertiary/aromatic N) is 4. The molecule has 0 bridgehead atoms. The van der Waals surface area contributed by atoms with Gasteiger partial charge in [-0.25, -0.2) is 4.39 Å². The van der Waals surface area contributed by atoms with E-state index in [2.05, 4.69) is 21.2 Å². The molecule has 0 radical (unpaired) electrons. The molecule has 3 heterocycles. The average Bonchev–Trinajstić information content (AvgIpc) is 3.35. The summed E-state index contributed by atoms with van der Waals surface area (Å²) < 4.78 is 25.7. The molecule has 136 valence electrons. The van der Waals surface area contributed by atoms with Crippen molar-refractivity contribution in [3.05, 3.63) is 46.9 Å². The van der Waals surface area contributed by atoms with Gasteiger partial charge in [0.2, 0.25) is 11.8 Å². The SMILES string of the molecule is N#Cc1ccc(F)c(CN2CCCC[C@@H]2c2nnc([C@H]3CCCO3)o2)c1. The summed E-state index contributed by atoms with van der Waals surface area (Å²) in [4.78, 5) is 2.16. The van der Waals surface area contributed by atoms with Gasteiger partial charge >= 0.3 is 0 Å². The predicted octanol–water partition coefficient (Wildman–Crippen LogP) is 3.66. The molecule has 0 unspecified atom stereocenters. The summed E-state index contributed by atoms with van der Waals surface area (Å²) in [5.74, 6) is 0.826. The van der Waals surface area contributed by atoms with Crippen LogP contribution in [0.25, 0.3) is 0 Å². The van der Waals surface area contributed by atoms with E-state index in [1.165, 1.54) is 12.1 Å². The molecule has 1 aromatic heterocycles. The second-order valence-corrected chi connectivity index (χ2v) is 6.88. The highest BCUT2D eigenvalue weighted by Gasteiger charge is 2.31. The smallest absolute Gasteiger partial charge is 0.245 e. The Morgan fingerprint density at radius 2 is 2.08 bits per heavy atom. The number of rotatable bonds is 4. The van der Waals surface area contributed by atoms with E-state index in [0.29, 0.717) is 29.5 Å². The molecule has 7 heteroatoms. The first-order valence-electron chi connectivity index (χ1n) is 9.12. The van der Waals surface area contributed by atoms with Crippen molar-refractivity contribution in [1.82, 2.24) is 15.1 Å². The lowest BCUT2D eigenvalue weighted by Crippen LogP contribution is -2.33. The highest BCUT2D eigenvalue weighted by molar-refractivity contribution is 5.33. The van der Waals surface area contributed by atoms with Crippen molar-refractivity contribution in [3.8, 4) is 6.07 Å². The van der Waals surface area contributed by atoms with Crippen molar-refractivity contribution >= 4 is 0 Å². The maximum absolute atomic E-state index is 14.2. The van der Waals surface area contributed by atoms with Gasteiger partial charge in [0.15, 0.2) is 0 Å². The molecular formula is C19H21FN4O2. The number of ether oxygens (including phenoxy) is 1. The Kier molecular flexibility index (Phi) is 4.96. The zero-order valence-corrected chi connectivity index (χ0v) is 14.5. The Balaban J connectivity index is 1.54. The van der Waals surface area contributed by atoms with Crippen molar-refractivity contribution in [2.75, 3.05) is 13.2 Å². The van der Waals surface area contributed by atoms with Crippen LogP contribution in [-0.2, 0) is 11.3 Å². The maximum atomic E-state index is 14.2. The minimum absolute atomic E-state index is 0.0310. The molecule has 2 aromatic rings. The van der Waals surface area contributed by atoms with Crippen LogP contribution in [0.2, 0.25) is 0 Å². The summed E-state index contributed by atoms with van der Waals surface area (Å²) in [6.45, 7) is 1.98. The quantitative estimate of drug-likeness (QED) is 0.832. The van der Waals surface area contributed by atoms with Gasteiger partial charge in [-0.2, -0.15) is 5.26 Å². The molecule has 0 spiro atoms. The van der Waals surface area contributed by atoms with E-state index >= 15 is 0 Å². The predicted molar refractivity (Wildman–Crippen MR) is 90.3 cm³/mol. The van der Waals surface area contributed by atoms with Gasteiger partial charge in [-0.3, -0.25) is 4.90 Å².